The van der Waals surface area contributed by atoms with E-state index in [4.69, 9.17) is 4.42 Å². The quantitative estimate of drug-likeness (QED) is 0.510. The summed E-state index contributed by atoms with van der Waals surface area (Å²) in [5.74, 6) is -0.868. The van der Waals surface area contributed by atoms with Crippen LogP contribution in [-0.2, 0) is 6.54 Å². The lowest BCUT2D eigenvalue weighted by Gasteiger charge is -2.14. The van der Waals surface area contributed by atoms with E-state index in [-0.39, 0.29) is 29.4 Å². The predicted octanol–water partition coefficient (Wildman–Crippen LogP) is 3.27. The third-order valence-corrected chi connectivity index (χ3v) is 5.39. The van der Waals surface area contributed by atoms with Crippen molar-refractivity contribution in [2.75, 3.05) is 0 Å². The molecule has 1 atom stereocenters. The monoisotopic (exact) mass is 427 g/mol. The zero-order valence-electron chi connectivity index (χ0n) is 16.6. The third-order valence-electron chi connectivity index (χ3n) is 5.39. The van der Waals surface area contributed by atoms with Gasteiger partial charge in [-0.3, -0.25) is 9.36 Å². The van der Waals surface area contributed by atoms with Gasteiger partial charge in [0.15, 0.2) is 11.2 Å². The number of aromatic nitrogens is 4. The Balaban J connectivity index is 1.42. The van der Waals surface area contributed by atoms with Crippen molar-refractivity contribution in [1.29, 1.82) is 0 Å². The number of rotatable bonds is 6. The summed E-state index contributed by atoms with van der Waals surface area (Å²) in [6, 6.07) is 7.93. The molecule has 0 aliphatic heterocycles. The molecule has 8 nitrogen and oxygen atoms in total. The minimum Gasteiger partial charge on any atom is -0.408 e. The van der Waals surface area contributed by atoms with Gasteiger partial charge in [-0.1, -0.05) is 12.1 Å². The summed E-state index contributed by atoms with van der Waals surface area (Å²) >= 11 is 0. The summed E-state index contributed by atoms with van der Waals surface area (Å²) in [6.45, 7) is 1.93. The Labute approximate surface area is 174 Å². The average Bonchev–Trinajstić information content (AvgIpc) is 3.43. The van der Waals surface area contributed by atoms with Gasteiger partial charge in [0.05, 0.1) is 11.7 Å². The first kappa shape index (κ1) is 19.4. The second-order valence-corrected chi connectivity index (χ2v) is 7.80. The highest BCUT2D eigenvalue weighted by Gasteiger charge is 2.29. The van der Waals surface area contributed by atoms with Gasteiger partial charge in [0.1, 0.15) is 11.3 Å². The second kappa shape index (κ2) is 7.29. The van der Waals surface area contributed by atoms with Crippen LogP contribution in [-0.4, -0.2) is 31.1 Å². The minimum atomic E-state index is -2.74. The molecular formula is C21H19F2N5O3. The first-order chi connectivity index (χ1) is 14.9. The molecular weight excluding hydrogens is 408 g/mol. The molecule has 0 radical (unpaired) electrons. The number of halogens is 2. The van der Waals surface area contributed by atoms with Crippen molar-refractivity contribution >= 4 is 22.7 Å². The van der Waals surface area contributed by atoms with Crippen LogP contribution in [0.5, 0.6) is 0 Å². The lowest BCUT2D eigenvalue weighted by Crippen LogP contribution is -2.37. The fourth-order valence-corrected chi connectivity index (χ4v) is 3.72. The zero-order chi connectivity index (χ0) is 21.7. The molecule has 160 valence electrons. The normalized spacial score (nSPS) is 15.1. The standard InChI is InChI=1S/C21H19F2N5O3/c1-11(10-27-15-4-2-3-5-17(15)31-21(27)30)25-20(29)13-9-24-28-16(18(22)23)8-14(12-6-7-12)26-19(13)28/h2-5,8-9,11-12,18H,6-7,10H2,1H3,(H,25,29)/t11-/m1/s1. The number of carbonyl (C=O) groups is 1. The van der Waals surface area contributed by atoms with E-state index >= 15 is 0 Å². The van der Waals surface area contributed by atoms with E-state index in [1.54, 1.807) is 31.2 Å². The first-order valence-corrected chi connectivity index (χ1v) is 9.98. The number of hydrogen-bond donors (Lipinski definition) is 1. The molecule has 1 aromatic carbocycles. The van der Waals surface area contributed by atoms with Gasteiger partial charge in [-0.2, -0.15) is 5.10 Å². The number of carbonyl (C=O) groups excluding carboxylic acids is 1. The van der Waals surface area contributed by atoms with E-state index in [9.17, 15) is 18.4 Å². The fourth-order valence-electron chi connectivity index (χ4n) is 3.72. The maximum absolute atomic E-state index is 13.5. The van der Waals surface area contributed by atoms with Crippen molar-refractivity contribution in [1.82, 2.24) is 24.5 Å². The third kappa shape index (κ3) is 3.47. The summed E-state index contributed by atoms with van der Waals surface area (Å²) in [7, 11) is 0. The molecule has 0 spiro atoms. The number of para-hydroxylation sites is 2. The Morgan fingerprint density at radius 1 is 1.32 bits per heavy atom. The van der Waals surface area contributed by atoms with Crippen molar-refractivity contribution in [3.8, 4) is 0 Å². The first-order valence-electron chi connectivity index (χ1n) is 9.98. The Hall–Kier alpha value is -3.56. The Kier molecular flexibility index (Phi) is 4.57. The highest BCUT2D eigenvalue weighted by Crippen LogP contribution is 2.40. The molecule has 1 N–H and O–H groups in total. The van der Waals surface area contributed by atoms with Crippen molar-refractivity contribution in [2.24, 2.45) is 0 Å². The molecule has 1 amide bonds. The van der Waals surface area contributed by atoms with E-state index in [1.165, 1.54) is 16.8 Å². The molecule has 1 aliphatic carbocycles. The molecule has 1 aliphatic rings. The van der Waals surface area contributed by atoms with Crippen molar-refractivity contribution in [3.63, 3.8) is 0 Å². The fraction of sp³-hybridized carbons (Fsp3) is 0.333. The van der Waals surface area contributed by atoms with Gasteiger partial charge in [-0.25, -0.2) is 23.1 Å². The minimum absolute atomic E-state index is 0.107. The lowest BCUT2D eigenvalue weighted by molar-refractivity contribution is 0.0937. The number of nitrogens with zero attached hydrogens (tertiary/aromatic N) is 4. The SMILES string of the molecule is C[C@H](Cn1c(=O)oc2ccccc21)NC(=O)c1cnn2c(C(F)F)cc(C3CC3)nc12. The van der Waals surface area contributed by atoms with Crippen LogP contribution in [0, 0.1) is 0 Å². The summed E-state index contributed by atoms with van der Waals surface area (Å²) < 4.78 is 34.7. The summed E-state index contributed by atoms with van der Waals surface area (Å²) in [5, 5.41) is 6.76. The molecule has 0 unspecified atom stereocenters. The maximum atomic E-state index is 13.5. The summed E-state index contributed by atoms with van der Waals surface area (Å²) in [4.78, 5) is 29.5. The van der Waals surface area contributed by atoms with Gasteiger partial charge in [-0.05, 0) is 38.0 Å². The number of benzene rings is 1. The Morgan fingerprint density at radius 2 is 2.10 bits per heavy atom. The second-order valence-electron chi connectivity index (χ2n) is 7.80. The smallest absolute Gasteiger partial charge is 0.408 e. The van der Waals surface area contributed by atoms with Gasteiger partial charge in [0, 0.05) is 24.2 Å². The molecule has 10 heteroatoms. The molecule has 5 rings (SSSR count). The van der Waals surface area contributed by atoms with E-state index in [2.05, 4.69) is 15.4 Å². The van der Waals surface area contributed by atoms with Gasteiger partial charge in [-0.15, -0.1) is 0 Å². The van der Waals surface area contributed by atoms with E-state index < -0.39 is 24.1 Å². The number of hydrogen-bond acceptors (Lipinski definition) is 5. The highest BCUT2D eigenvalue weighted by atomic mass is 19.3. The topological polar surface area (TPSA) is 94.4 Å². The van der Waals surface area contributed by atoms with Crippen LogP contribution in [0.3, 0.4) is 0 Å². The van der Waals surface area contributed by atoms with Crippen LogP contribution < -0.4 is 11.1 Å². The number of fused-ring (bicyclic) bond motifs is 2. The van der Waals surface area contributed by atoms with Gasteiger partial charge >= 0.3 is 5.76 Å². The van der Waals surface area contributed by atoms with Crippen LogP contribution in [0.4, 0.5) is 8.78 Å². The maximum Gasteiger partial charge on any atom is 0.420 e. The van der Waals surface area contributed by atoms with Crippen LogP contribution in [0.2, 0.25) is 0 Å². The van der Waals surface area contributed by atoms with Crippen LogP contribution in [0.15, 0.2) is 45.7 Å². The van der Waals surface area contributed by atoms with Gasteiger partial charge in [0.2, 0.25) is 0 Å². The van der Waals surface area contributed by atoms with E-state index in [0.717, 1.165) is 17.4 Å². The Morgan fingerprint density at radius 3 is 2.84 bits per heavy atom. The molecule has 1 saturated carbocycles. The number of nitrogens with one attached hydrogen (secondary N) is 1. The van der Waals surface area contributed by atoms with Crippen LogP contribution >= 0.6 is 0 Å². The van der Waals surface area contributed by atoms with E-state index in [0.29, 0.717) is 16.8 Å². The van der Waals surface area contributed by atoms with Gasteiger partial charge < -0.3 is 9.73 Å². The van der Waals surface area contributed by atoms with Crippen molar-refractivity contribution < 1.29 is 18.0 Å². The van der Waals surface area contributed by atoms with Crippen LogP contribution in [0.1, 0.15) is 53.9 Å². The molecule has 31 heavy (non-hydrogen) atoms. The van der Waals surface area contributed by atoms with Crippen LogP contribution in [0.25, 0.3) is 16.7 Å². The van der Waals surface area contributed by atoms with Gasteiger partial charge in [0.25, 0.3) is 12.3 Å². The van der Waals surface area contributed by atoms with E-state index in [1.807, 2.05) is 0 Å². The molecule has 0 bridgehead atoms. The summed E-state index contributed by atoms with van der Waals surface area (Å²) in [5.41, 5.74) is 1.58. The number of oxazole rings is 1. The highest BCUT2D eigenvalue weighted by molar-refractivity contribution is 5.99. The molecule has 0 saturated heterocycles. The zero-order valence-corrected chi connectivity index (χ0v) is 16.6. The predicted molar refractivity (Wildman–Crippen MR) is 107 cm³/mol. The summed E-state index contributed by atoms with van der Waals surface area (Å²) in [6.07, 6.45) is 0.295. The van der Waals surface area contributed by atoms with Crippen molar-refractivity contribution in [2.45, 2.75) is 44.7 Å². The van der Waals surface area contributed by atoms with Crippen molar-refractivity contribution in [3.05, 3.63) is 64.0 Å². The number of amides is 1. The molecule has 1 fully saturated rings. The molecule has 3 heterocycles. The molecule has 3 aromatic heterocycles. The lowest BCUT2D eigenvalue weighted by atomic mass is 10.2. The largest absolute Gasteiger partial charge is 0.420 e. The molecule has 4 aromatic rings. The average molecular weight is 427 g/mol. The number of alkyl halides is 2. The Bertz CT molecular complexity index is 1350.